The third kappa shape index (κ3) is 1.55. The minimum absolute atomic E-state index is 0.0653. The molecule has 0 bridgehead atoms. The Bertz CT molecular complexity index is 577. The van der Waals surface area contributed by atoms with E-state index in [1.807, 2.05) is 24.3 Å². The molecule has 0 fully saturated rings. The number of nitrogens with one attached hydrogen (secondary N) is 1. The average molecular weight is 244 g/mol. The maximum atomic E-state index is 12.1. The molecule has 0 aliphatic carbocycles. The van der Waals surface area contributed by atoms with Gasteiger partial charge in [0.1, 0.15) is 0 Å². The predicted molar refractivity (Wildman–Crippen MR) is 64.8 cm³/mol. The van der Waals surface area contributed by atoms with Crippen LogP contribution in [0.1, 0.15) is 11.1 Å². The highest BCUT2D eigenvalue weighted by molar-refractivity contribution is 6.24. The number of fused-ring (bicyclic) bond motifs is 2. The molecule has 3 rings (SSSR count). The van der Waals surface area contributed by atoms with Crippen LogP contribution in [0.15, 0.2) is 30.0 Å². The summed E-state index contributed by atoms with van der Waals surface area (Å²) in [6, 6.07) is 7.72. The minimum atomic E-state index is -1.06. The van der Waals surface area contributed by atoms with Crippen molar-refractivity contribution < 1.29 is 14.7 Å². The Kier molecular flexibility index (Phi) is 2.33. The summed E-state index contributed by atoms with van der Waals surface area (Å²) in [6.45, 7) is 0.824. The predicted octanol–water partition coefficient (Wildman–Crippen LogP) is 1.06. The van der Waals surface area contributed by atoms with E-state index in [2.05, 4.69) is 5.32 Å². The molecule has 2 aliphatic heterocycles. The summed E-state index contributed by atoms with van der Waals surface area (Å²) in [7, 11) is 0. The zero-order chi connectivity index (χ0) is 12.7. The highest BCUT2D eigenvalue weighted by Gasteiger charge is 2.32. The van der Waals surface area contributed by atoms with Crippen molar-refractivity contribution in [3.8, 4) is 0 Å². The van der Waals surface area contributed by atoms with Crippen LogP contribution >= 0.6 is 0 Å². The Hall–Kier alpha value is -2.30. The number of rotatable bonds is 0. The molecule has 0 saturated carbocycles. The molecule has 0 radical (unpaired) electrons. The zero-order valence-corrected chi connectivity index (χ0v) is 9.64. The molecule has 1 amide bonds. The van der Waals surface area contributed by atoms with Crippen LogP contribution in [0.25, 0.3) is 5.57 Å². The molecule has 0 saturated heterocycles. The van der Waals surface area contributed by atoms with Gasteiger partial charge in [0, 0.05) is 17.8 Å². The zero-order valence-electron chi connectivity index (χ0n) is 9.64. The molecule has 0 aromatic heterocycles. The minimum Gasteiger partial charge on any atom is -0.465 e. The third-order valence-corrected chi connectivity index (χ3v) is 3.31. The van der Waals surface area contributed by atoms with E-state index in [-0.39, 0.29) is 18.9 Å². The molecule has 92 valence electrons. The first-order chi connectivity index (χ1) is 8.66. The van der Waals surface area contributed by atoms with Gasteiger partial charge in [0.15, 0.2) is 5.78 Å². The molecule has 0 unspecified atom stereocenters. The van der Waals surface area contributed by atoms with Crippen molar-refractivity contribution in [2.45, 2.75) is 6.54 Å². The summed E-state index contributed by atoms with van der Waals surface area (Å²) in [5.74, 6) is -0.140. The summed E-state index contributed by atoms with van der Waals surface area (Å²) in [4.78, 5) is 24.2. The van der Waals surface area contributed by atoms with E-state index in [9.17, 15) is 9.59 Å². The number of carbonyl (C=O) groups is 2. The lowest BCUT2D eigenvalue weighted by molar-refractivity contribution is -0.115. The van der Waals surface area contributed by atoms with Gasteiger partial charge in [-0.1, -0.05) is 24.3 Å². The fourth-order valence-corrected chi connectivity index (χ4v) is 2.46. The maximum Gasteiger partial charge on any atom is 0.408 e. The molecular weight excluding hydrogens is 232 g/mol. The molecule has 5 nitrogen and oxygen atoms in total. The quantitative estimate of drug-likeness (QED) is 0.716. The first-order valence-electron chi connectivity index (χ1n) is 5.73. The van der Waals surface area contributed by atoms with Crippen LogP contribution in [0.4, 0.5) is 4.79 Å². The second-order valence-electron chi connectivity index (χ2n) is 4.43. The highest BCUT2D eigenvalue weighted by Crippen LogP contribution is 2.30. The van der Waals surface area contributed by atoms with Crippen LogP contribution in [-0.4, -0.2) is 35.0 Å². The van der Waals surface area contributed by atoms with E-state index in [1.165, 1.54) is 0 Å². The Morgan fingerprint density at radius 3 is 2.83 bits per heavy atom. The summed E-state index contributed by atoms with van der Waals surface area (Å²) < 4.78 is 0. The summed E-state index contributed by atoms with van der Waals surface area (Å²) in [6.07, 6.45) is -1.06. The molecule has 18 heavy (non-hydrogen) atoms. The lowest BCUT2D eigenvalue weighted by Gasteiger charge is -2.32. The van der Waals surface area contributed by atoms with Crippen molar-refractivity contribution in [3.63, 3.8) is 0 Å². The number of hydrogen-bond donors (Lipinski definition) is 2. The van der Waals surface area contributed by atoms with Gasteiger partial charge in [-0.2, -0.15) is 0 Å². The van der Waals surface area contributed by atoms with Crippen LogP contribution in [0, 0.1) is 0 Å². The van der Waals surface area contributed by atoms with Gasteiger partial charge in [-0.25, -0.2) is 4.79 Å². The molecule has 2 aliphatic rings. The fraction of sp³-hybridized carbons (Fsp3) is 0.231. The molecule has 1 aromatic rings. The van der Waals surface area contributed by atoms with Crippen molar-refractivity contribution >= 4 is 17.4 Å². The van der Waals surface area contributed by atoms with Crippen LogP contribution in [0.3, 0.4) is 0 Å². The van der Waals surface area contributed by atoms with Crippen LogP contribution in [-0.2, 0) is 11.3 Å². The van der Waals surface area contributed by atoms with Gasteiger partial charge in [0.05, 0.1) is 13.1 Å². The van der Waals surface area contributed by atoms with Crippen molar-refractivity contribution in [2.75, 3.05) is 13.1 Å². The van der Waals surface area contributed by atoms with Crippen molar-refractivity contribution in [2.24, 2.45) is 0 Å². The Labute approximate surface area is 104 Å². The second kappa shape index (κ2) is 3.87. The van der Waals surface area contributed by atoms with Crippen LogP contribution < -0.4 is 5.32 Å². The number of ketones is 1. The second-order valence-corrected chi connectivity index (χ2v) is 4.43. The van der Waals surface area contributed by atoms with Crippen molar-refractivity contribution in [1.29, 1.82) is 0 Å². The largest absolute Gasteiger partial charge is 0.465 e. The first kappa shape index (κ1) is 10.8. The first-order valence-corrected chi connectivity index (χ1v) is 5.73. The third-order valence-electron chi connectivity index (χ3n) is 3.31. The summed E-state index contributed by atoms with van der Waals surface area (Å²) >= 11 is 0. The molecule has 1 aromatic carbocycles. The van der Waals surface area contributed by atoms with Crippen molar-refractivity contribution in [1.82, 2.24) is 10.2 Å². The average Bonchev–Trinajstić information content (AvgIpc) is 2.37. The Morgan fingerprint density at radius 1 is 1.28 bits per heavy atom. The number of Topliss-reactive ketones (excluding diaryl/α,β-unsaturated/α-hetero) is 1. The maximum absolute atomic E-state index is 12.1. The van der Waals surface area contributed by atoms with E-state index >= 15 is 0 Å². The van der Waals surface area contributed by atoms with Crippen LogP contribution in [0.5, 0.6) is 0 Å². The van der Waals surface area contributed by atoms with E-state index in [0.717, 1.165) is 16.0 Å². The molecular formula is C13H12N2O3. The van der Waals surface area contributed by atoms with Gasteiger partial charge >= 0.3 is 6.09 Å². The standard InChI is InChI=1S/C13H12N2O3/c16-11-7-15(13(17)18)6-10-12(11)9-4-2-1-3-8(9)5-14-10/h1-4,14H,5-7H2,(H,17,18). The van der Waals surface area contributed by atoms with E-state index in [0.29, 0.717) is 17.8 Å². The monoisotopic (exact) mass is 244 g/mol. The molecule has 2 heterocycles. The summed E-state index contributed by atoms with van der Waals surface area (Å²) in [5.41, 5.74) is 3.37. The normalized spacial score (nSPS) is 18.0. The van der Waals surface area contributed by atoms with Gasteiger partial charge in [0.2, 0.25) is 0 Å². The number of amides is 1. The number of nitrogens with zero attached hydrogens (tertiary/aromatic N) is 1. The summed E-state index contributed by atoms with van der Waals surface area (Å²) in [5, 5.41) is 12.1. The Morgan fingerprint density at radius 2 is 2.06 bits per heavy atom. The van der Waals surface area contributed by atoms with E-state index in [4.69, 9.17) is 5.11 Å². The molecule has 2 N–H and O–H groups in total. The molecule has 5 heteroatoms. The molecule has 0 spiro atoms. The lowest BCUT2D eigenvalue weighted by atomic mass is 9.89. The SMILES string of the molecule is O=C1CN(C(=O)O)CC2=C1c1ccccc1CN2. The van der Waals surface area contributed by atoms with E-state index in [1.54, 1.807) is 0 Å². The van der Waals surface area contributed by atoms with Gasteiger partial charge in [-0.15, -0.1) is 0 Å². The van der Waals surface area contributed by atoms with E-state index < -0.39 is 6.09 Å². The fourth-order valence-electron chi connectivity index (χ4n) is 2.46. The van der Waals surface area contributed by atoms with Gasteiger partial charge in [-0.05, 0) is 11.1 Å². The van der Waals surface area contributed by atoms with Gasteiger partial charge in [-0.3, -0.25) is 9.69 Å². The smallest absolute Gasteiger partial charge is 0.408 e. The highest BCUT2D eigenvalue weighted by atomic mass is 16.4. The topological polar surface area (TPSA) is 69.6 Å². The molecule has 0 atom stereocenters. The number of carboxylic acid groups (broad SMARTS) is 1. The van der Waals surface area contributed by atoms with Crippen LogP contribution in [0.2, 0.25) is 0 Å². The lowest BCUT2D eigenvalue weighted by Crippen LogP contribution is -2.44. The van der Waals surface area contributed by atoms with Gasteiger partial charge < -0.3 is 10.4 Å². The van der Waals surface area contributed by atoms with Gasteiger partial charge in [0.25, 0.3) is 0 Å². The number of benzene rings is 1. The number of carbonyl (C=O) groups excluding carboxylic acids is 1. The number of hydrogen-bond acceptors (Lipinski definition) is 3. The Balaban J connectivity index is 2.07. The van der Waals surface area contributed by atoms with Crippen molar-refractivity contribution in [3.05, 3.63) is 41.1 Å².